The summed E-state index contributed by atoms with van der Waals surface area (Å²) >= 11 is 2.18. The van der Waals surface area contributed by atoms with Gasteiger partial charge in [-0.25, -0.2) is 0 Å². The van der Waals surface area contributed by atoms with Crippen LogP contribution in [-0.2, 0) is 0 Å². The molecule has 1 aliphatic heterocycles. The molecule has 0 amide bonds. The van der Waals surface area contributed by atoms with Gasteiger partial charge in [0.25, 0.3) is 0 Å². The van der Waals surface area contributed by atoms with Crippen LogP contribution in [0, 0.1) is 0 Å². The molecule has 10 heavy (non-hydrogen) atoms. The molecule has 0 bridgehead atoms. The Morgan fingerprint density at radius 3 is 3.00 bits per heavy atom. The quantitative estimate of drug-likeness (QED) is 0.249. The SMILES string of the molecule is CC(CC1=CN1I)N=[N+]=[N-]. The molecule has 0 N–H and O–H groups in total. The number of hydrogen-bond acceptors (Lipinski definition) is 2. The number of nitrogens with zero attached hydrogens (tertiary/aromatic N) is 4. The molecule has 0 aromatic rings. The third-order valence-corrected chi connectivity index (χ3v) is 2.12. The van der Waals surface area contributed by atoms with E-state index in [2.05, 4.69) is 32.9 Å². The molecule has 0 aromatic carbocycles. The van der Waals surface area contributed by atoms with E-state index in [0.717, 1.165) is 6.42 Å². The van der Waals surface area contributed by atoms with Gasteiger partial charge >= 0.3 is 0 Å². The molecular weight excluding hydrogens is 243 g/mol. The van der Waals surface area contributed by atoms with Crippen molar-refractivity contribution in [3.63, 3.8) is 0 Å². The van der Waals surface area contributed by atoms with Gasteiger partial charge < -0.3 is 0 Å². The molecule has 0 saturated heterocycles. The summed E-state index contributed by atoms with van der Waals surface area (Å²) in [5.41, 5.74) is 9.31. The fourth-order valence-electron chi connectivity index (χ4n) is 0.674. The smallest absolute Gasteiger partial charge is 0.0638 e. The molecule has 0 spiro atoms. The summed E-state index contributed by atoms with van der Waals surface area (Å²) < 4.78 is 2.00. The molecule has 1 atom stereocenters. The van der Waals surface area contributed by atoms with Crippen molar-refractivity contribution < 1.29 is 0 Å². The van der Waals surface area contributed by atoms with Crippen LogP contribution in [0.4, 0.5) is 0 Å². The minimum atomic E-state index is 0.0796. The highest BCUT2D eigenvalue weighted by Gasteiger charge is 2.18. The van der Waals surface area contributed by atoms with Crippen molar-refractivity contribution in [2.24, 2.45) is 5.11 Å². The van der Waals surface area contributed by atoms with E-state index in [1.807, 2.05) is 16.2 Å². The Hall–Kier alpha value is -0.420. The maximum absolute atomic E-state index is 8.06. The lowest BCUT2D eigenvalue weighted by Crippen LogP contribution is -1.95. The zero-order valence-corrected chi connectivity index (χ0v) is 7.69. The Balaban J connectivity index is 2.25. The zero-order valence-electron chi connectivity index (χ0n) is 5.53. The average molecular weight is 250 g/mol. The maximum Gasteiger partial charge on any atom is 0.0638 e. The van der Waals surface area contributed by atoms with Crippen LogP contribution >= 0.6 is 22.9 Å². The molecule has 0 aromatic heterocycles. The molecule has 5 heteroatoms. The molecule has 1 heterocycles. The van der Waals surface area contributed by atoms with Gasteiger partial charge in [0, 0.05) is 22.9 Å². The molecule has 0 radical (unpaired) electrons. The first-order valence-corrected chi connectivity index (χ1v) is 3.90. The lowest BCUT2D eigenvalue weighted by molar-refractivity contribution is 0.711. The summed E-state index contributed by atoms with van der Waals surface area (Å²) in [4.78, 5) is 2.72. The first-order valence-electron chi connectivity index (χ1n) is 2.94. The normalized spacial score (nSPS) is 17.4. The van der Waals surface area contributed by atoms with Gasteiger partial charge in [0.15, 0.2) is 0 Å². The Kier molecular flexibility index (Phi) is 2.39. The van der Waals surface area contributed by atoms with E-state index in [1.165, 1.54) is 5.70 Å². The van der Waals surface area contributed by atoms with E-state index >= 15 is 0 Å². The third-order valence-electron chi connectivity index (χ3n) is 1.22. The van der Waals surface area contributed by atoms with Gasteiger partial charge in [0.05, 0.1) is 22.9 Å². The predicted octanol–water partition coefficient (Wildman–Crippen LogP) is 2.58. The summed E-state index contributed by atoms with van der Waals surface area (Å²) in [5, 5.41) is 3.55. The van der Waals surface area contributed by atoms with Crippen molar-refractivity contribution in [1.29, 1.82) is 0 Å². The van der Waals surface area contributed by atoms with Gasteiger partial charge in [-0.2, -0.15) is 0 Å². The van der Waals surface area contributed by atoms with Crippen LogP contribution in [0.25, 0.3) is 10.4 Å². The molecule has 1 rings (SSSR count). The van der Waals surface area contributed by atoms with Crippen molar-refractivity contribution in [1.82, 2.24) is 3.11 Å². The van der Waals surface area contributed by atoms with Crippen LogP contribution in [0.1, 0.15) is 13.3 Å². The summed E-state index contributed by atoms with van der Waals surface area (Å²) in [6, 6.07) is 0.0796. The van der Waals surface area contributed by atoms with Crippen LogP contribution in [0.2, 0.25) is 0 Å². The highest BCUT2D eigenvalue weighted by Crippen LogP contribution is 2.30. The molecular formula is C5H7IN4. The Morgan fingerprint density at radius 2 is 2.60 bits per heavy atom. The summed E-state index contributed by atoms with van der Waals surface area (Å²) in [5.74, 6) is 0. The maximum atomic E-state index is 8.06. The molecule has 0 aliphatic carbocycles. The van der Waals surface area contributed by atoms with Crippen molar-refractivity contribution in [2.45, 2.75) is 19.4 Å². The molecule has 1 aliphatic rings. The highest BCUT2D eigenvalue weighted by molar-refractivity contribution is 14.1. The van der Waals surface area contributed by atoms with Crippen LogP contribution < -0.4 is 0 Å². The van der Waals surface area contributed by atoms with Crippen LogP contribution in [-0.4, -0.2) is 9.16 Å². The van der Waals surface area contributed by atoms with E-state index < -0.39 is 0 Å². The van der Waals surface area contributed by atoms with E-state index in [-0.39, 0.29) is 6.04 Å². The number of azide groups is 1. The highest BCUT2D eigenvalue weighted by atomic mass is 127. The minimum Gasteiger partial charge on any atom is -0.291 e. The lowest BCUT2D eigenvalue weighted by Gasteiger charge is -1.98. The van der Waals surface area contributed by atoms with E-state index in [0.29, 0.717) is 0 Å². The van der Waals surface area contributed by atoms with Gasteiger partial charge in [-0.05, 0) is 12.0 Å². The molecule has 1 unspecified atom stereocenters. The van der Waals surface area contributed by atoms with Crippen molar-refractivity contribution in [3.8, 4) is 0 Å². The van der Waals surface area contributed by atoms with Crippen LogP contribution in [0.3, 0.4) is 0 Å². The van der Waals surface area contributed by atoms with E-state index in [1.54, 1.807) is 0 Å². The standard InChI is InChI=1S/C5H7IN4/c1-4(8-9-7)2-5-3-10(5)6/h3-4H,2H2,1H3. The van der Waals surface area contributed by atoms with Crippen molar-refractivity contribution in [2.75, 3.05) is 0 Å². The summed E-state index contributed by atoms with van der Waals surface area (Å²) in [6.07, 6.45) is 2.87. The fourth-order valence-corrected chi connectivity index (χ4v) is 1.19. The third kappa shape index (κ3) is 2.07. The van der Waals surface area contributed by atoms with Crippen LogP contribution in [0.15, 0.2) is 17.0 Å². The average Bonchev–Trinajstić information content (AvgIpc) is 2.47. The van der Waals surface area contributed by atoms with Crippen LogP contribution in [0.5, 0.6) is 0 Å². The second-order valence-electron chi connectivity index (χ2n) is 2.19. The Labute approximate surface area is 73.0 Å². The molecule has 4 nitrogen and oxygen atoms in total. The van der Waals surface area contributed by atoms with Crippen molar-refractivity contribution in [3.05, 3.63) is 22.3 Å². The fraction of sp³-hybridized carbons (Fsp3) is 0.600. The van der Waals surface area contributed by atoms with Crippen molar-refractivity contribution >= 4 is 22.9 Å². The molecule has 0 saturated carbocycles. The first kappa shape index (κ1) is 7.68. The van der Waals surface area contributed by atoms with Gasteiger partial charge in [0.2, 0.25) is 0 Å². The monoisotopic (exact) mass is 250 g/mol. The van der Waals surface area contributed by atoms with Gasteiger partial charge in [-0.3, -0.25) is 3.11 Å². The summed E-state index contributed by atoms with van der Waals surface area (Å²) in [6.45, 7) is 1.91. The molecule has 0 fully saturated rings. The lowest BCUT2D eigenvalue weighted by atomic mass is 10.2. The first-order chi connectivity index (χ1) is 4.74. The zero-order chi connectivity index (χ0) is 7.56. The number of rotatable bonds is 3. The topological polar surface area (TPSA) is 51.8 Å². The molecule has 54 valence electrons. The Morgan fingerprint density at radius 1 is 2.00 bits per heavy atom. The van der Waals surface area contributed by atoms with E-state index in [9.17, 15) is 0 Å². The van der Waals surface area contributed by atoms with Gasteiger partial charge in [-0.15, -0.1) is 0 Å². The van der Waals surface area contributed by atoms with Gasteiger partial charge in [-0.1, -0.05) is 12.0 Å². The number of halogens is 1. The minimum absolute atomic E-state index is 0.0796. The van der Waals surface area contributed by atoms with Gasteiger partial charge in [0.1, 0.15) is 0 Å². The van der Waals surface area contributed by atoms with E-state index in [4.69, 9.17) is 5.53 Å². The summed E-state index contributed by atoms with van der Waals surface area (Å²) in [7, 11) is 0. The predicted molar refractivity (Wildman–Crippen MR) is 47.2 cm³/mol. The number of hydrogen-bond donors (Lipinski definition) is 0. The second-order valence-corrected chi connectivity index (χ2v) is 3.23. The largest absolute Gasteiger partial charge is 0.291 e. The second kappa shape index (κ2) is 3.12. The Bertz CT molecular complexity index is 206.